The molecule has 4 atom stereocenters. The number of aliphatic carboxylic acids is 1. The number of nitrogens with zero attached hydrogens (tertiary/aromatic N) is 2. The number of aromatic nitrogens is 2. The van der Waals surface area contributed by atoms with Gasteiger partial charge in [0.05, 0.1) is 42.5 Å². The highest BCUT2D eigenvalue weighted by Gasteiger charge is 2.55. The zero-order valence-electron chi connectivity index (χ0n) is 15.1. The van der Waals surface area contributed by atoms with Gasteiger partial charge in [-0.3, -0.25) is 19.1 Å². The minimum Gasteiger partial charge on any atom is -0.481 e. The smallest absolute Gasteiger partial charge is 0.310 e. The number of fused-ring (bicyclic) bond motifs is 2. The minimum absolute atomic E-state index is 0.0401. The van der Waals surface area contributed by atoms with Crippen LogP contribution >= 0.6 is 0 Å². The third-order valence-corrected chi connectivity index (χ3v) is 5.17. The summed E-state index contributed by atoms with van der Waals surface area (Å²) in [6.07, 6.45) is 3.44. The zero-order chi connectivity index (χ0) is 19.8. The van der Waals surface area contributed by atoms with E-state index in [4.69, 9.17) is 9.15 Å². The first-order chi connectivity index (χ1) is 13.4. The van der Waals surface area contributed by atoms with Crippen LogP contribution in [0.15, 0.2) is 29.0 Å². The Morgan fingerprint density at radius 1 is 1.29 bits per heavy atom. The molecule has 2 aromatic heterocycles. The van der Waals surface area contributed by atoms with E-state index in [9.17, 15) is 19.5 Å². The van der Waals surface area contributed by atoms with Gasteiger partial charge in [0.25, 0.3) is 5.91 Å². The number of aryl methyl sites for hydroxylation is 1. The SMILES string of the molecule is Cn1cc(NC(=O)[C@@H]2[C@H](C(=O)O)[C@H]3CC[C@H]2O3)c(C(=O)NCc2ccco2)n1. The van der Waals surface area contributed by atoms with Crippen LogP contribution in [0.2, 0.25) is 0 Å². The van der Waals surface area contributed by atoms with E-state index in [1.807, 2.05) is 0 Å². The number of amides is 2. The molecule has 2 bridgehead atoms. The van der Waals surface area contributed by atoms with Gasteiger partial charge in [0.1, 0.15) is 5.76 Å². The van der Waals surface area contributed by atoms with Crippen LogP contribution < -0.4 is 10.6 Å². The van der Waals surface area contributed by atoms with Crippen LogP contribution in [-0.4, -0.2) is 44.9 Å². The molecular weight excluding hydrogens is 368 g/mol. The molecule has 0 aliphatic carbocycles. The molecular formula is C18H20N4O6. The second-order valence-electron chi connectivity index (χ2n) is 7.00. The Labute approximate surface area is 159 Å². The summed E-state index contributed by atoms with van der Waals surface area (Å²) in [6, 6.07) is 3.44. The van der Waals surface area contributed by atoms with E-state index in [1.54, 1.807) is 19.2 Å². The van der Waals surface area contributed by atoms with Gasteiger partial charge in [0.15, 0.2) is 5.69 Å². The van der Waals surface area contributed by atoms with Crippen molar-refractivity contribution in [2.45, 2.75) is 31.6 Å². The van der Waals surface area contributed by atoms with Crippen molar-refractivity contribution in [1.29, 1.82) is 0 Å². The highest BCUT2D eigenvalue weighted by atomic mass is 16.5. The summed E-state index contributed by atoms with van der Waals surface area (Å²) in [5, 5.41) is 18.9. The van der Waals surface area contributed by atoms with E-state index in [0.717, 1.165) is 0 Å². The van der Waals surface area contributed by atoms with E-state index in [-0.39, 0.29) is 17.9 Å². The Morgan fingerprint density at radius 3 is 2.71 bits per heavy atom. The molecule has 2 aliphatic heterocycles. The summed E-state index contributed by atoms with van der Waals surface area (Å²) in [7, 11) is 1.62. The largest absolute Gasteiger partial charge is 0.481 e. The lowest BCUT2D eigenvalue weighted by Gasteiger charge is -2.23. The third-order valence-electron chi connectivity index (χ3n) is 5.17. The van der Waals surface area contributed by atoms with E-state index in [1.165, 1.54) is 17.1 Å². The molecule has 4 rings (SSSR count). The number of hydrogen-bond donors (Lipinski definition) is 3. The first-order valence-corrected chi connectivity index (χ1v) is 8.97. The molecule has 10 heteroatoms. The molecule has 0 aromatic carbocycles. The molecule has 3 N–H and O–H groups in total. The number of carboxylic acids is 1. The molecule has 0 spiro atoms. The monoisotopic (exact) mass is 388 g/mol. The standard InChI is InChI=1S/C18H20N4O6/c1-22-8-10(15(21-22)17(24)19-7-9-3-2-6-27-9)20-16(23)13-11-4-5-12(28-11)14(13)18(25)26/h2-3,6,8,11-14H,4-5,7H2,1H3,(H,19,24)(H,20,23)(H,25,26)/t11-,12-,13+,14-/m1/s1. The highest BCUT2D eigenvalue weighted by Crippen LogP contribution is 2.44. The van der Waals surface area contributed by atoms with Crippen molar-refractivity contribution >= 4 is 23.5 Å². The van der Waals surface area contributed by atoms with Crippen LogP contribution in [0, 0.1) is 11.8 Å². The molecule has 2 aromatic rings. The van der Waals surface area contributed by atoms with Crippen LogP contribution in [-0.2, 0) is 27.9 Å². The molecule has 0 unspecified atom stereocenters. The highest BCUT2D eigenvalue weighted by molar-refractivity contribution is 6.03. The molecule has 28 heavy (non-hydrogen) atoms. The first-order valence-electron chi connectivity index (χ1n) is 8.97. The van der Waals surface area contributed by atoms with Gasteiger partial charge in [-0.2, -0.15) is 5.10 Å². The van der Waals surface area contributed by atoms with Crippen LogP contribution in [0.5, 0.6) is 0 Å². The first kappa shape index (κ1) is 18.2. The van der Waals surface area contributed by atoms with E-state index >= 15 is 0 Å². The average Bonchev–Trinajstić information content (AvgIpc) is 3.43. The summed E-state index contributed by atoms with van der Waals surface area (Å²) in [6.45, 7) is 0.178. The van der Waals surface area contributed by atoms with Crippen molar-refractivity contribution in [2.24, 2.45) is 18.9 Å². The maximum atomic E-state index is 12.8. The van der Waals surface area contributed by atoms with Gasteiger partial charge in [-0.1, -0.05) is 0 Å². The predicted molar refractivity (Wildman–Crippen MR) is 94.2 cm³/mol. The fourth-order valence-electron chi connectivity index (χ4n) is 3.95. The second kappa shape index (κ2) is 7.12. The van der Waals surface area contributed by atoms with Gasteiger partial charge in [0, 0.05) is 13.2 Å². The van der Waals surface area contributed by atoms with Crippen LogP contribution in [0.3, 0.4) is 0 Å². The Kier molecular flexibility index (Phi) is 4.63. The molecule has 0 saturated carbocycles. The number of carbonyl (C=O) groups is 3. The zero-order valence-corrected chi connectivity index (χ0v) is 15.1. The second-order valence-corrected chi connectivity index (χ2v) is 7.00. The van der Waals surface area contributed by atoms with Gasteiger partial charge >= 0.3 is 5.97 Å². The molecule has 148 valence electrons. The van der Waals surface area contributed by atoms with Crippen molar-refractivity contribution in [3.05, 3.63) is 36.0 Å². The van der Waals surface area contributed by atoms with E-state index in [0.29, 0.717) is 18.6 Å². The third kappa shape index (κ3) is 3.26. The van der Waals surface area contributed by atoms with E-state index < -0.39 is 41.8 Å². The van der Waals surface area contributed by atoms with Gasteiger partial charge in [-0.05, 0) is 25.0 Å². The lowest BCUT2D eigenvalue weighted by Crippen LogP contribution is -2.41. The van der Waals surface area contributed by atoms with Crippen molar-refractivity contribution < 1.29 is 28.6 Å². The van der Waals surface area contributed by atoms with Gasteiger partial charge in [-0.25, -0.2) is 0 Å². The fourth-order valence-corrected chi connectivity index (χ4v) is 3.95. The Bertz CT molecular complexity index is 905. The van der Waals surface area contributed by atoms with Gasteiger partial charge < -0.3 is 24.9 Å². The predicted octanol–water partition coefficient (Wildman–Crippen LogP) is 0.760. The number of anilines is 1. The Hall–Kier alpha value is -3.14. The van der Waals surface area contributed by atoms with Crippen molar-refractivity contribution in [1.82, 2.24) is 15.1 Å². The average molecular weight is 388 g/mol. The normalized spacial score (nSPS) is 25.6. The summed E-state index contributed by atoms with van der Waals surface area (Å²) in [5.74, 6) is -3.10. The fraction of sp³-hybridized carbons (Fsp3) is 0.444. The van der Waals surface area contributed by atoms with Gasteiger partial charge in [-0.15, -0.1) is 0 Å². The Balaban J connectivity index is 1.48. The summed E-state index contributed by atoms with van der Waals surface area (Å²) in [5.41, 5.74) is 0.259. The summed E-state index contributed by atoms with van der Waals surface area (Å²) in [4.78, 5) is 36.9. The summed E-state index contributed by atoms with van der Waals surface area (Å²) >= 11 is 0. The topological polar surface area (TPSA) is 136 Å². The maximum Gasteiger partial charge on any atom is 0.310 e. The molecule has 4 heterocycles. The van der Waals surface area contributed by atoms with Crippen molar-refractivity contribution in [3.63, 3.8) is 0 Å². The number of carbonyl (C=O) groups excluding carboxylic acids is 2. The molecule has 10 nitrogen and oxygen atoms in total. The molecule has 0 radical (unpaired) electrons. The molecule has 2 saturated heterocycles. The molecule has 2 fully saturated rings. The van der Waals surface area contributed by atoms with Gasteiger partial charge in [0.2, 0.25) is 5.91 Å². The number of carboxylic acid groups (broad SMARTS) is 1. The lowest BCUT2D eigenvalue weighted by atomic mass is 9.78. The number of rotatable bonds is 6. The quantitative estimate of drug-likeness (QED) is 0.665. The van der Waals surface area contributed by atoms with E-state index in [2.05, 4.69) is 15.7 Å². The maximum absolute atomic E-state index is 12.8. The number of ether oxygens (including phenoxy) is 1. The number of hydrogen-bond acceptors (Lipinski definition) is 6. The Morgan fingerprint density at radius 2 is 2.04 bits per heavy atom. The van der Waals surface area contributed by atoms with Crippen LogP contribution in [0.4, 0.5) is 5.69 Å². The molecule has 2 amide bonds. The molecule has 2 aliphatic rings. The lowest BCUT2D eigenvalue weighted by molar-refractivity contribution is -0.147. The van der Waals surface area contributed by atoms with Crippen LogP contribution in [0.25, 0.3) is 0 Å². The number of furan rings is 1. The summed E-state index contributed by atoms with van der Waals surface area (Å²) < 4.78 is 12.2. The van der Waals surface area contributed by atoms with Crippen molar-refractivity contribution in [2.75, 3.05) is 5.32 Å². The number of nitrogens with one attached hydrogen (secondary N) is 2. The van der Waals surface area contributed by atoms with Crippen LogP contribution in [0.1, 0.15) is 29.1 Å². The minimum atomic E-state index is -1.05. The van der Waals surface area contributed by atoms with Crippen molar-refractivity contribution in [3.8, 4) is 0 Å².